The van der Waals surface area contributed by atoms with Gasteiger partial charge in [0, 0.05) is 12.2 Å². The smallest absolute Gasteiger partial charge is 0.309 e. The number of ether oxygens (including phenoxy) is 2. The normalized spacial score (nSPS) is 20.3. The second-order valence-corrected chi connectivity index (χ2v) is 11.2. The maximum atomic E-state index is 14.1. The van der Waals surface area contributed by atoms with Crippen LogP contribution < -0.4 is 9.64 Å². The Morgan fingerprint density at radius 3 is 2.20 bits per heavy atom. The lowest BCUT2D eigenvalue weighted by Crippen LogP contribution is -2.58. The minimum absolute atomic E-state index is 0.140. The maximum absolute atomic E-state index is 14.1. The largest absolute Gasteiger partial charge is 0.497 e. The van der Waals surface area contributed by atoms with E-state index < -0.39 is 20.6 Å². The van der Waals surface area contributed by atoms with Crippen LogP contribution in [0.15, 0.2) is 83.8 Å². The number of esters is 1. The number of carbonyl (C=O) groups excluding carboxylic acids is 1. The van der Waals surface area contributed by atoms with Crippen molar-refractivity contribution in [3.8, 4) is 16.9 Å². The van der Waals surface area contributed by atoms with Crippen molar-refractivity contribution in [1.82, 2.24) is 0 Å². The van der Waals surface area contributed by atoms with Gasteiger partial charge in [-0.1, -0.05) is 42.5 Å². The lowest BCUT2D eigenvalue weighted by Gasteiger charge is -2.47. The Bertz CT molecular complexity index is 1260. The summed E-state index contributed by atoms with van der Waals surface area (Å²) >= 11 is 0. The van der Waals surface area contributed by atoms with Gasteiger partial charge in [-0.2, -0.15) is 0 Å². The molecule has 6 nitrogen and oxygen atoms in total. The molecule has 7 heteroatoms. The highest BCUT2D eigenvalue weighted by Crippen LogP contribution is 2.43. The van der Waals surface area contributed by atoms with Crippen LogP contribution in [0.1, 0.15) is 26.7 Å². The van der Waals surface area contributed by atoms with Gasteiger partial charge in [0.2, 0.25) is 9.84 Å². The Morgan fingerprint density at radius 1 is 0.971 bits per heavy atom. The Labute approximate surface area is 207 Å². The summed E-state index contributed by atoms with van der Waals surface area (Å²) in [6, 6.07) is 24.3. The molecule has 0 spiro atoms. The van der Waals surface area contributed by atoms with Crippen LogP contribution in [-0.4, -0.2) is 39.5 Å². The molecule has 2 unspecified atom stereocenters. The molecule has 0 amide bonds. The second-order valence-electron chi connectivity index (χ2n) is 8.86. The highest BCUT2D eigenvalue weighted by molar-refractivity contribution is 7.93. The topological polar surface area (TPSA) is 72.9 Å². The third-order valence-corrected chi connectivity index (χ3v) is 9.19. The molecule has 0 N–H and O–H groups in total. The predicted molar refractivity (Wildman–Crippen MR) is 137 cm³/mol. The summed E-state index contributed by atoms with van der Waals surface area (Å²) in [5.74, 6) is -0.258. The van der Waals surface area contributed by atoms with Crippen LogP contribution in [-0.2, 0) is 19.4 Å². The number of piperidine rings is 1. The van der Waals surface area contributed by atoms with Crippen molar-refractivity contribution < 1.29 is 22.7 Å². The Morgan fingerprint density at radius 2 is 1.60 bits per heavy atom. The number of nitrogens with zero attached hydrogens (tertiary/aromatic N) is 1. The molecular formula is C28H31NO5S. The molecule has 0 aromatic heterocycles. The number of methoxy groups -OCH3 is 1. The molecular weight excluding hydrogens is 462 g/mol. The van der Waals surface area contributed by atoms with E-state index in [0.717, 1.165) is 16.8 Å². The van der Waals surface area contributed by atoms with Crippen molar-refractivity contribution in [2.45, 2.75) is 36.5 Å². The van der Waals surface area contributed by atoms with E-state index in [1.54, 1.807) is 38.1 Å². The molecule has 0 saturated carbocycles. The SMILES string of the molecule is CCOC(=O)C1CCN(c2ccc(-c3ccccc3)cc2)C(C)(S(=O)(=O)c2ccc(OC)cc2)C1. The summed E-state index contributed by atoms with van der Waals surface area (Å²) in [7, 11) is -2.33. The van der Waals surface area contributed by atoms with E-state index in [4.69, 9.17) is 9.47 Å². The Kier molecular flexibility index (Phi) is 7.17. The highest BCUT2D eigenvalue weighted by Gasteiger charge is 2.51. The van der Waals surface area contributed by atoms with Gasteiger partial charge in [0.25, 0.3) is 0 Å². The van der Waals surface area contributed by atoms with Gasteiger partial charge >= 0.3 is 5.97 Å². The first kappa shape index (κ1) is 24.8. The average molecular weight is 494 g/mol. The van der Waals surface area contributed by atoms with E-state index in [-0.39, 0.29) is 23.9 Å². The van der Waals surface area contributed by atoms with Crippen molar-refractivity contribution in [2.24, 2.45) is 5.92 Å². The fourth-order valence-corrected chi connectivity index (χ4v) is 6.69. The molecule has 1 aliphatic heterocycles. The summed E-state index contributed by atoms with van der Waals surface area (Å²) in [5, 5.41) is 0. The molecule has 184 valence electrons. The number of rotatable bonds is 7. The zero-order valence-corrected chi connectivity index (χ0v) is 21.1. The second kappa shape index (κ2) is 10.1. The molecule has 4 rings (SSSR count). The zero-order valence-electron chi connectivity index (χ0n) is 20.3. The van der Waals surface area contributed by atoms with Gasteiger partial charge in [-0.15, -0.1) is 0 Å². The number of anilines is 1. The van der Waals surface area contributed by atoms with Gasteiger partial charge in [-0.25, -0.2) is 8.42 Å². The summed E-state index contributed by atoms with van der Waals surface area (Å²) in [6.07, 6.45) is 0.660. The van der Waals surface area contributed by atoms with Crippen LogP contribution >= 0.6 is 0 Å². The molecule has 0 aliphatic carbocycles. The minimum Gasteiger partial charge on any atom is -0.497 e. The monoisotopic (exact) mass is 493 g/mol. The maximum Gasteiger partial charge on any atom is 0.309 e. The van der Waals surface area contributed by atoms with Crippen LogP contribution in [0.5, 0.6) is 5.75 Å². The lowest BCUT2D eigenvalue weighted by molar-refractivity contribution is -0.149. The van der Waals surface area contributed by atoms with Gasteiger partial charge in [0.1, 0.15) is 10.6 Å². The number of hydrogen-bond acceptors (Lipinski definition) is 6. The molecule has 35 heavy (non-hydrogen) atoms. The summed E-state index contributed by atoms with van der Waals surface area (Å²) < 4.78 is 38.6. The van der Waals surface area contributed by atoms with Gasteiger partial charge in [0.05, 0.1) is 24.5 Å². The van der Waals surface area contributed by atoms with Crippen LogP contribution in [0.25, 0.3) is 11.1 Å². The van der Waals surface area contributed by atoms with Crippen molar-refractivity contribution >= 4 is 21.5 Å². The predicted octanol–water partition coefficient (Wildman–Crippen LogP) is 5.33. The van der Waals surface area contributed by atoms with E-state index >= 15 is 0 Å². The first-order valence-electron chi connectivity index (χ1n) is 11.8. The quantitative estimate of drug-likeness (QED) is 0.414. The zero-order chi connectivity index (χ0) is 25.1. The average Bonchev–Trinajstić information content (AvgIpc) is 2.89. The molecule has 1 fully saturated rings. The van der Waals surface area contributed by atoms with Crippen LogP contribution in [0, 0.1) is 5.92 Å². The standard InChI is InChI=1S/C28H31NO5S/c1-4-34-27(30)23-18-19-29(24-12-10-22(11-13-24)21-8-6-5-7-9-21)28(2,20-23)35(31,32)26-16-14-25(33-3)15-17-26/h5-17,23H,4,18-20H2,1-3H3. The van der Waals surface area contributed by atoms with Gasteiger partial charge < -0.3 is 14.4 Å². The number of carbonyl (C=O) groups is 1. The minimum atomic E-state index is -3.86. The third kappa shape index (κ3) is 4.78. The van der Waals surface area contributed by atoms with E-state index in [1.807, 2.05) is 59.5 Å². The molecule has 1 saturated heterocycles. The molecule has 1 heterocycles. The Hall–Kier alpha value is -3.32. The van der Waals surface area contributed by atoms with Gasteiger partial charge in [0.15, 0.2) is 0 Å². The molecule has 0 radical (unpaired) electrons. The molecule has 0 bridgehead atoms. The first-order chi connectivity index (χ1) is 16.8. The van der Waals surface area contributed by atoms with Gasteiger partial charge in [-0.3, -0.25) is 4.79 Å². The highest BCUT2D eigenvalue weighted by atomic mass is 32.2. The van der Waals surface area contributed by atoms with Crippen LogP contribution in [0.4, 0.5) is 5.69 Å². The van der Waals surface area contributed by atoms with Gasteiger partial charge in [-0.05, 0) is 74.2 Å². The molecule has 3 aromatic rings. The molecule has 2 atom stereocenters. The lowest BCUT2D eigenvalue weighted by atomic mass is 9.90. The number of hydrogen-bond donors (Lipinski definition) is 0. The fraction of sp³-hybridized carbons (Fsp3) is 0.321. The van der Waals surface area contributed by atoms with Crippen LogP contribution in [0.3, 0.4) is 0 Å². The van der Waals surface area contributed by atoms with Crippen molar-refractivity contribution in [1.29, 1.82) is 0 Å². The fourth-order valence-electron chi connectivity index (χ4n) is 4.78. The molecule has 1 aliphatic rings. The van der Waals surface area contributed by atoms with E-state index in [0.29, 0.717) is 18.7 Å². The summed E-state index contributed by atoms with van der Waals surface area (Å²) in [5.41, 5.74) is 2.94. The number of sulfone groups is 1. The summed E-state index contributed by atoms with van der Waals surface area (Å²) in [4.78, 5) is 13.4. The number of benzene rings is 3. The van der Waals surface area contributed by atoms with Crippen LogP contribution in [0.2, 0.25) is 0 Å². The van der Waals surface area contributed by atoms with E-state index in [9.17, 15) is 13.2 Å². The third-order valence-electron chi connectivity index (χ3n) is 6.75. The van der Waals surface area contributed by atoms with Crippen molar-refractivity contribution in [3.05, 3.63) is 78.9 Å². The molecule has 3 aromatic carbocycles. The van der Waals surface area contributed by atoms with E-state index in [2.05, 4.69) is 0 Å². The van der Waals surface area contributed by atoms with Crippen molar-refractivity contribution in [3.63, 3.8) is 0 Å². The van der Waals surface area contributed by atoms with Crippen molar-refractivity contribution in [2.75, 3.05) is 25.2 Å². The first-order valence-corrected chi connectivity index (χ1v) is 13.3. The Balaban J connectivity index is 1.74. The summed E-state index contributed by atoms with van der Waals surface area (Å²) in [6.45, 7) is 4.15. The van der Waals surface area contributed by atoms with E-state index in [1.165, 1.54) is 7.11 Å².